The summed E-state index contributed by atoms with van der Waals surface area (Å²) in [6.45, 7) is 3.95. The van der Waals surface area contributed by atoms with Gasteiger partial charge in [0, 0.05) is 25.9 Å². The summed E-state index contributed by atoms with van der Waals surface area (Å²) in [5, 5.41) is 0. The summed E-state index contributed by atoms with van der Waals surface area (Å²) in [5.41, 5.74) is 5.29. The number of halogens is 2. The third-order valence-electron chi connectivity index (χ3n) is 4.04. The highest BCUT2D eigenvalue weighted by molar-refractivity contribution is 14.1. The predicted octanol–water partition coefficient (Wildman–Crippen LogP) is 6.41. The molecule has 0 heterocycles. The van der Waals surface area contributed by atoms with Crippen molar-refractivity contribution >= 4 is 50.9 Å². The van der Waals surface area contributed by atoms with Gasteiger partial charge in [0.1, 0.15) is 0 Å². The van der Waals surface area contributed by atoms with E-state index in [1.807, 2.05) is 0 Å². The molecular weight excluding hydrogens is 520 g/mol. The second-order valence-electron chi connectivity index (χ2n) is 5.87. The summed E-state index contributed by atoms with van der Waals surface area (Å²) in [6.07, 6.45) is 0. The van der Waals surface area contributed by atoms with E-state index >= 15 is 0 Å². The Labute approximate surface area is 171 Å². The lowest BCUT2D eigenvalue weighted by Crippen LogP contribution is -2.23. The SMILES string of the molecule is Cc1ccc(N(Cc2ccccc2I)Cc2ccccc2I)cc1. The highest BCUT2D eigenvalue weighted by Crippen LogP contribution is 2.24. The van der Waals surface area contributed by atoms with E-state index in [0.29, 0.717) is 0 Å². The zero-order valence-corrected chi connectivity index (χ0v) is 17.9. The Bertz CT molecular complexity index is 765. The van der Waals surface area contributed by atoms with E-state index < -0.39 is 0 Å². The van der Waals surface area contributed by atoms with Crippen LogP contribution in [-0.4, -0.2) is 0 Å². The minimum absolute atomic E-state index is 0.910. The first kappa shape index (κ1) is 17.7. The molecule has 0 aromatic heterocycles. The van der Waals surface area contributed by atoms with Gasteiger partial charge in [0.25, 0.3) is 0 Å². The maximum absolute atomic E-state index is 2.45. The van der Waals surface area contributed by atoms with Crippen molar-refractivity contribution < 1.29 is 0 Å². The molecule has 0 aliphatic heterocycles. The maximum Gasteiger partial charge on any atom is 0.0443 e. The molecule has 3 rings (SSSR count). The van der Waals surface area contributed by atoms with E-state index in [0.717, 1.165) is 13.1 Å². The van der Waals surface area contributed by atoms with Gasteiger partial charge in [0.05, 0.1) is 0 Å². The first-order chi connectivity index (χ1) is 11.6. The van der Waals surface area contributed by atoms with Crippen LogP contribution < -0.4 is 4.90 Å². The lowest BCUT2D eigenvalue weighted by Gasteiger charge is -2.26. The van der Waals surface area contributed by atoms with Crippen LogP contribution in [0.1, 0.15) is 16.7 Å². The molecule has 3 aromatic rings. The van der Waals surface area contributed by atoms with Crippen molar-refractivity contribution in [2.75, 3.05) is 4.90 Å². The molecule has 3 heteroatoms. The van der Waals surface area contributed by atoms with E-state index in [9.17, 15) is 0 Å². The first-order valence-corrected chi connectivity index (χ1v) is 10.1. The standard InChI is InChI=1S/C21H19I2N/c1-16-10-12-19(13-11-16)24(14-17-6-2-4-8-20(17)22)15-18-7-3-5-9-21(18)23/h2-13H,14-15H2,1H3. The molecule has 1 nitrogen and oxygen atoms in total. The van der Waals surface area contributed by atoms with Gasteiger partial charge >= 0.3 is 0 Å². The van der Waals surface area contributed by atoms with Crippen LogP contribution in [0.4, 0.5) is 5.69 Å². The number of nitrogens with zero attached hydrogens (tertiary/aromatic N) is 1. The second-order valence-corrected chi connectivity index (χ2v) is 8.20. The summed E-state index contributed by atoms with van der Waals surface area (Å²) in [6, 6.07) is 26.1. The average Bonchev–Trinajstić information content (AvgIpc) is 2.59. The normalized spacial score (nSPS) is 10.6. The maximum atomic E-state index is 2.45. The van der Waals surface area contributed by atoms with Crippen LogP contribution in [0.5, 0.6) is 0 Å². The van der Waals surface area contributed by atoms with Crippen LogP contribution in [0.3, 0.4) is 0 Å². The molecule has 0 aliphatic rings. The highest BCUT2D eigenvalue weighted by Gasteiger charge is 2.11. The Morgan fingerprint density at radius 1 is 0.667 bits per heavy atom. The van der Waals surface area contributed by atoms with Gasteiger partial charge in [-0.1, -0.05) is 54.1 Å². The van der Waals surface area contributed by atoms with Crippen LogP contribution in [0.25, 0.3) is 0 Å². The van der Waals surface area contributed by atoms with Crippen LogP contribution in [0.15, 0.2) is 72.8 Å². The molecule has 0 atom stereocenters. The van der Waals surface area contributed by atoms with Gasteiger partial charge in [-0.15, -0.1) is 0 Å². The molecule has 0 aliphatic carbocycles. The van der Waals surface area contributed by atoms with Crippen molar-refractivity contribution in [2.24, 2.45) is 0 Å². The number of aryl methyl sites for hydroxylation is 1. The molecule has 0 amide bonds. The fourth-order valence-electron chi connectivity index (χ4n) is 2.66. The number of anilines is 1. The molecule has 0 radical (unpaired) electrons. The van der Waals surface area contributed by atoms with Gasteiger partial charge in [0.2, 0.25) is 0 Å². The number of rotatable bonds is 5. The van der Waals surface area contributed by atoms with Crippen molar-refractivity contribution in [1.82, 2.24) is 0 Å². The van der Waals surface area contributed by atoms with Crippen molar-refractivity contribution in [3.8, 4) is 0 Å². The average molecular weight is 539 g/mol. The van der Waals surface area contributed by atoms with E-state index in [1.54, 1.807) is 0 Å². The highest BCUT2D eigenvalue weighted by atomic mass is 127. The van der Waals surface area contributed by atoms with Gasteiger partial charge < -0.3 is 4.90 Å². The molecule has 24 heavy (non-hydrogen) atoms. The Morgan fingerprint density at radius 2 is 1.12 bits per heavy atom. The van der Waals surface area contributed by atoms with Gasteiger partial charge in [-0.05, 0) is 87.5 Å². The molecule has 0 fully saturated rings. The topological polar surface area (TPSA) is 3.24 Å². The molecule has 0 unspecified atom stereocenters. The molecule has 0 N–H and O–H groups in total. The quantitative estimate of drug-likeness (QED) is 0.339. The molecule has 122 valence electrons. The summed E-state index contributed by atoms with van der Waals surface area (Å²) in [5.74, 6) is 0. The van der Waals surface area contributed by atoms with Crippen molar-refractivity contribution in [3.63, 3.8) is 0 Å². The van der Waals surface area contributed by atoms with Crippen molar-refractivity contribution in [2.45, 2.75) is 20.0 Å². The Hall–Kier alpha value is -1.08. The second kappa shape index (κ2) is 8.34. The number of benzene rings is 3. The predicted molar refractivity (Wildman–Crippen MR) is 119 cm³/mol. The molecule has 0 saturated carbocycles. The summed E-state index contributed by atoms with van der Waals surface area (Å²) in [4.78, 5) is 2.45. The Morgan fingerprint density at radius 3 is 1.58 bits per heavy atom. The van der Waals surface area contributed by atoms with E-state index in [4.69, 9.17) is 0 Å². The summed E-state index contributed by atoms with van der Waals surface area (Å²) in [7, 11) is 0. The largest absolute Gasteiger partial charge is 0.363 e. The lowest BCUT2D eigenvalue weighted by molar-refractivity contribution is 0.794. The zero-order valence-electron chi connectivity index (χ0n) is 13.5. The molecule has 3 aromatic carbocycles. The number of hydrogen-bond donors (Lipinski definition) is 0. The minimum Gasteiger partial charge on any atom is -0.363 e. The van der Waals surface area contributed by atoms with E-state index in [2.05, 4.69) is 130 Å². The first-order valence-electron chi connectivity index (χ1n) is 7.92. The van der Waals surface area contributed by atoms with Gasteiger partial charge in [0.15, 0.2) is 0 Å². The third kappa shape index (κ3) is 4.51. The smallest absolute Gasteiger partial charge is 0.0443 e. The molecule has 0 bridgehead atoms. The fourth-order valence-corrected chi connectivity index (χ4v) is 3.77. The van der Waals surface area contributed by atoms with Gasteiger partial charge in [-0.25, -0.2) is 0 Å². The van der Waals surface area contributed by atoms with E-state index in [1.165, 1.54) is 29.5 Å². The molecule has 0 saturated heterocycles. The molecule has 0 spiro atoms. The van der Waals surface area contributed by atoms with Gasteiger partial charge in [-0.3, -0.25) is 0 Å². The summed E-state index contributed by atoms with van der Waals surface area (Å²) >= 11 is 4.86. The zero-order chi connectivity index (χ0) is 16.9. The van der Waals surface area contributed by atoms with E-state index in [-0.39, 0.29) is 0 Å². The minimum atomic E-state index is 0.910. The summed E-state index contributed by atoms with van der Waals surface area (Å²) < 4.78 is 2.63. The third-order valence-corrected chi connectivity index (χ3v) is 6.14. The Balaban J connectivity index is 1.93. The van der Waals surface area contributed by atoms with Crippen molar-refractivity contribution in [1.29, 1.82) is 0 Å². The lowest BCUT2D eigenvalue weighted by atomic mass is 10.1. The van der Waals surface area contributed by atoms with Gasteiger partial charge in [-0.2, -0.15) is 0 Å². The fraction of sp³-hybridized carbons (Fsp3) is 0.143. The molecular formula is C21H19I2N. The van der Waals surface area contributed by atoms with Crippen LogP contribution >= 0.6 is 45.2 Å². The van der Waals surface area contributed by atoms with Crippen LogP contribution in [0.2, 0.25) is 0 Å². The number of hydrogen-bond acceptors (Lipinski definition) is 1. The van der Waals surface area contributed by atoms with Crippen molar-refractivity contribution in [3.05, 3.63) is 96.6 Å². The Kier molecular flexibility index (Phi) is 6.16. The monoisotopic (exact) mass is 539 g/mol. The van der Waals surface area contributed by atoms with Crippen LogP contribution in [0, 0.1) is 14.1 Å². The van der Waals surface area contributed by atoms with Crippen LogP contribution in [-0.2, 0) is 13.1 Å².